The molecule has 0 saturated carbocycles. The third kappa shape index (κ3) is 5.96. The van der Waals surface area contributed by atoms with Crippen LogP contribution in [-0.4, -0.2) is 37.8 Å². The van der Waals surface area contributed by atoms with Crippen molar-refractivity contribution in [3.05, 3.63) is 91.6 Å². The van der Waals surface area contributed by atoms with Crippen molar-refractivity contribution in [1.29, 1.82) is 0 Å². The summed E-state index contributed by atoms with van der Waals surface area (Å²) >= 11 is 0. The number of fused-ring (bicyclic) bond motifs is 1. The number of anilines is 1. The zero-order valence-corrected chi connectivity index (χ0v) is 23.5. The topological polar surface area (TPSA) is 91.1 Å². The Morgan fingerprint density at radius 1 is 0.886 bits per heavy atom. The van der Waals surface area contributed by atoms with Gasteiger partial charge >= 0.3 is 18.0 Å². The van der Waals surface area contributed by atoms with E-state index in [-0.39, 0.29) is 40.8 Å². The molecule has 44 heavy (non-hydrogen) atoms. The lowest BCUT2D eigenvalue weighted by Gasteiger charge is -2.31. The Hall–Kier alpha value is -4.51. The molecule has 1 atom stereocenters. The number of nitrogens with two attached hydrogens (primary N) is 1. The monoisotopic (exact) mass is 618 g/mol. The summed E-state index contributed by atoms with van der Waals surface area (Å²) in [5.41, 5.74) is 1.07. The van der Waals surface area contributed by atoms with E-state index < -0.39 is 47.8 Å². The van der Waals surface area contributed by atoms with Gasteiger partial charge in [0.25, 0.3) is 5.56 Å². The van der Waals surface area contributed by atoms with Crippen LogP contribution in [-0.2, 0) is 32.0 Å². The first-order valence-corrected chi connectivity index (χ1v) is 13.8. The van der Waals surface area contributed by atoms with Crippen LogP contribution in [0.1, 0.15) is 42.0 Å². The second-order valence-electron chi connectivity index (χ2n) is 10.5. The van der Waals surface area contributed by atoms with Gasteiger partial charge in [0, 0.05) is 19.1 Å². The molecule has 2 N–H and O–H groups in total. The SMILES string of the molecule is CC#CCn1c(N2CCC[C@@H](N)C2)nc2c1c(=O)n(Cc1ccccc1C(F)(F)F)c(=O)n2Cc1ccccc1C(F)(F)F. The van der Waals surface area contributed by atoms with Crippen LogP contribution in [0.4, 0.5) is 32.3 Å². The molecular formula is C30H28F6N6O2. The van der Waals surface area contributed by atoms with Crippen molar-refractivity contribution in [1.82, 2.24) is 18.7 Å². The highest BCUT2D eigenvalue weighted by atomic mass is 19.4. The van der Waals surface area contributed by atoms with Crippen LogP contribution >= 0.6 is 0 Å². The van der Waals surface area contributed by atoms with Gasteiger partial charge in [0.15, 0.2) is 11.2 Å². The van der Waals surface area contributed by atoms with Gasteiger partial charge in [-0.3, -0.25) is 18.5 Å². The van der Waals surface area contributed by atoms with Crippen LogP contribution in [0.25, 0.3) is 11.2 Å². The largest absolute Gasteiger partial charge is 0.416 e. The Bertz CT molecular complexity index is 1880. The molecule has 14 heteroatoms. The quantitative estimate of drug-likeness (QED) is 0.255. The molecule has 0 unspecified atom stereocenters. The van der Waals surface area contributed by atoms with Crippen LogP contribution in [0.5, 0.6) is 0 Å². The lowest BCUT2D eigenvalue weighted by molar-refractivity contribution is -0.139. The molecule has 0 amide bonds. The number of benzene rings is 2. The number of nitrogens with zero attached hydrogens (tertiary/aromatic N) is 5. The van der Waals surface area contributed by atoms with Crippen molar-refractivity contribution in [3.8, 4) is 11.8 Å². The van der Waals surface area contributed by atoms with Gasteiger partial charge in [-0.1, -0.05) is 42.3 Å². The smallest absolute Gasteiger partial charge is 0.341 e. The maximum atomic E-state index is 14.0. The summed E-state index contributed by atoms with van der Waals surface area (Å²) in [6.07, 6.45) is -8.10. The van der Waals surface area contributed by atoms with Crippen LogP contribution < -0.4 is 21.9 Å². The second kappa shape index (κ2) is 11.9. The van der Waals surface area contributed by atoms with Crippen molar-refractivity contribution < 1.29 is 26.3 Å². The Morgan fingerprint density at radius 3 is 2.00 bits per heavy atom. The predicted octanol–water partition coefficient (Wildman–Crippen LogP) is 4.44. The zero-order chi connectivity index (χ0) is 31.8. The van der Waals surface area contributed by atoms with Gasteiger partial charge in [0.2, 0.25) is 5.95 Å². The number of alkyl halides is 6. The van der Waals surface area contributed by atoms with Gasteiger partial charge in [-0.15, -0.1) is 5.92 Å². The van der Waals surface area contributed by atoms with Gasteiger partial charge in [-0.25, -0.2) is 4.79 Å². The van der Waals surface area contributed by atoms with Crippen molar-refractivity contribution in [2.45, 2.75) is 57.8 Å². The molecule has 1 saturated heterocycles. The summed E-state index contributed by atoms with van der Waals surface area (Å²) in [6, 6.07) is 8.91. The van der Waals surface area contributed by atoms with Crippen molar-refractivity contribution in [2.75, 3.05) is 18.0 Å². The molecule has 3 heterocycles. The van der Waals surface area contributed by atoms with Crippen LogP contribution in [0.3, 0.4) is 0 Å². The summed E-state index contributed by atoms with van der Waals surface area (Å²) in [5, 5.41) is 0. The van der Waals surface area contributed by atoms with Gasteiger partial charge in [0.05, 0.1) is 30.8 Å². The van der Waals surface area contributed by atoms with Crippen LogP contribution in [0.15, 0.2) is 58.1 Å². The molecule has 4 aromatic rings. The van der Waals surface area contributed by atoms with Gasteiger partial charge in [0.1, 0.15) is 0 Å². The minimum atomic E-state index is -4.78. The van der Waals surface area contributed by atoms with E-state index >= 15 is 0 Å². The van der Waals surface area contributed by atoms with E-state index in [4.69, 9.17) is 5.73 Å². The number of halogens is 6. The first-order valence-electron chi connectivity index (χ1n) is 13.8. The number of aromatic nitrogens is 4. The first-order chi connectivity index (χ1) is 20.8. The molecule has 8 nitrogen and oxygen atoms in total. The summed E-state index contributed by atoms with van der Waals surface area (Å²) in [5.74, 6) is 5.82. The molecule has 0 aliphatic carbocycles. The van der Waals surface area contributed by atoms with E-state index in [2.05, 4.69) is 16.8 Å². The normalized spacial score (nSPS) is 15.8. The van der Waals surface area contributed by atoms with E-state index in [1.54, 1.807) is 6.92 Å². The molecule has 0 bridgehead atoms. The lowest BCUT2D eigenvalue weighted by Crippen LogP contribution is -2.44. The maximum Gasteiger partial charge on any atom is 0.416 e. The highest BCUT2D eigenvalue weighted by molar-refractivity contribution is 5.75. The van der Waals surface area contributed by atoms with Crippen molar-refractivity contribution in [2.24, 2.45) is 5.73 Å². The Labute approximate surface area is 247 Å². The predicted molar refractivity (Wildman–Crippen MR) is 152 cm³/mol. The Balaban J connectivity index is 1.82. The summed E-state index contributed by atoms with van der Waals surface area (Å²) in [6.45, 7) is 0.939. The van der Waals surface area contributed by atoms with Crippen LogP contribution in [0.2, 0.25) is 0 Å². The molecular weight excluding hydrogens is 590 g/mol. The highest BCUT2D eigenvalue weighted by Crippen LogP contribution is 2.34. The molecule has 2 aromatic carbocycles. The van der Waals surface area contributed by atoms with E-state index in [0.717, 1.165) is 29.2 Å². The summed E-state index contributed by atoms with van der Waals surface area (Å²) in [4.78, 5) is 34.4. The molecule has 232 valence electrons. The standard InChI is InChI=1S/C30H28F6N6O2/c1-2-3-15-40-24-25(38-27(40)39-14-8-11-21(37)18-39)41(16-19-9-4-6-12-22(19)29(31,32)33)28(44)42(26(24)43)17-20-10-5-7-13-23(20)30(34,35)36/h4-7,9-10,12-13,21H,8,11,14-18,37H2,1H3/t21-/m1/s1. The minimum Gasteiger partial charge on any atom is -0.341 e. The molecule has 0 spiro atoms. The van der Waals surface area contributed by atoms with E-state index in [0.29, 0.717) is 24.1 Å². The maximum absolute atomic E-state index is 14.0. The van der Waals surface area contributed by atoms with Gasteiger partial charge < -0.3 is 10.6 Å². The molecule has 0 radical (unpaired) electrons. The molecule has 5 rings (SSSR count). The van der Waals surface area contributed by atoms with E-state index in [9.17, 15) is 35.9 Å². The minimum absolute atomic E-state index is 0.0697. The van der Waals surface area contributed by atoms with E-state index in [1.165, 1.54) is 34.9 Å². The molecule has 1 fully saturated rings. The fraction of sp³-hybridized carbons (Fsp3) is 0.367. The number of hydrogen-bond acceptors (Lipinski definition) is 5. The third-order valence-corrected chi connectivity index (χ3v) is 7.55. The third-order valence-electron chi connectivity index (χ3n) is 7.55. The Kier molecular flexibility index (Phi) is 8.35. The fourth-order valence-electron chi connectivity index (χ4n) is 5.51. The number of hydrogen-bond donors (Lipinski definition) is 1. The number of rotatable bonds is 6. The fourth-order valence-corrected chi connectivity index (χ4v) is 5.51. The van der Waals surface area contributed by atoms with Crippen molar-refractivity contribution >= 4 is 17.1 Å². The van der Waals surface area contributed by atoms with Crippen LogP contribution in [0, 0.1) is 11.8 Å². The summed E-state index contributed by atoms with van der Waals surface area (Å²) < 4.78 is 86.3. The average Bonchev–Trinajstić information content (AvgIpc) is 3.35. The number of piperidine rings is 1. The highest BCUT2D eigenvalue weighted by Gasteiger charge is 2.35. The molecule has 1 aliphatic rings. The zero-order valence-electron chi connectivity index (χ0n) is 23.5. The number of imidazole rings is 1. The van der Waals surface area contributed by atoms with Crippen molar-refractivity contribution in [3.63, 3.8) is 0 Å². The van der Waals surface area contributed by atoms with Gasteiger partial charge in [-0.05, 0) is 43.0 Å². The second-order valence-corrected chi connectivity index (χ2v) is 10.5. The van der Waals surface area contributed by atoms with Gasteiger partial charge in [-0.2, -0.15) is 31.3 Å². The first kappa shape index (κ1) is 30.9. The lowest BCUT2D eigenvalue weighted by atomic mass is 10.1. The molecule has 1 aliphatic heterocycles. The molecule has 2 aromatic heterocycles. The Morgan fingerprint density at radius 2 is 1.45 bits per heavy atom. The average molecular weight is 619 g/mol. The van der Waals surface area contributed by atoms with E-state index in [1.807, 2.05) is 4.90 Å². The summed E-state index contributed by atoms with van der Waals surface area (Å²) in [7, 11) is 0.